The predicted molar refractivity (Wildman–Crippen MR) is 53.5 cm³/mol. The normalized spacial score (nSPS) is 40.6. The van der Waals surface area contributed by atoms with Gasteiger partial charge in [-0.25, -0.2) is 0 Å². The van der Waals surface area contributed by atoms with Gasteiger partial charge in [-0.05, 0) is 38.5 Å². The third-order valence-electron chi connectivity index (χ3n) is 3.36. The van der Waals surface area contributed by atoms with Crippen LogP contribution in [0.5, 0.6) is 0 Å². The summed E-state index contributed by atoms with van der Waals surface area (Å²) >= 11 is 0. The predicted octanol–water partition coefficient (Wildman–Crippen LogP) is 2.07. The second-order valence-corrected chi connectivity index (χ2v) is 4.97. The van der Waals surface area contributed by atoms with Crippen molar-refractivity contribution in [3.05, 3.63) is 0 Å². The van der Waals surface area contributed by atoms with Crippen LogP contribution in [0.3, 0.4) is 0 Å². The average molecular weight is 183 g/mol. The van der Waals surface area contributed by atoms with Gasteiger partial charge in [0.2, 0.25) is 0 Å². The van der Waals surface area contributed by atoms with E-state index in [1.807, 2.05) is 0 Å². The van der Waals surface area contributed by atoms with Gasteiger partial charge in [0.15, 0.2) is 0 Å². The Kier molecular flexibility index (Phi) is 2.61. The highest BCUT2D eigenvalue weighted by Crippen LogP contribution is 2.42. The van der Waals surface area contributed by atoms with Crippen LogP contribution in [0.2, 0.25) is 0 Å². The molecule has 1 aliphatic carbocycles. The van der Waals surface area contributed by atoms with Crippen LogP contribution in [-0.2, 0) is 4.74 Å². The van der Waals surface area contributed by atoms with E-state index in [0.29, 0.717) is 12.6 Å². The molecule has 1 saturated heterocycles. The summed E-state index contributed by atoms with van der Waals surface area (Å²) in [6.07, 6.45) is 8.14. The molecule has 76 valence electrons. The van der Waals surface area contributed by atoms with Crippen LogP contribution in [0, 0.1) is 5.92 Å². The molecule has 0 amide bonds. The Balaban J connectivity index is 1.87. The first kappa shape index (κ1) is 9.47. The first-order valence-corrected chi connectivity index (χ1v) is 5.60. The van der Waals surface area contributed by atoms with E-state index in [1.54, 1.807) is 0 Å². The van der Waals surface area contributed by atoms with Crippen LogP contribution < -0.4 is 5.73 Å². The highest BCUT2D eigenvalue weighted by Gasteiger charge is 2.37. The van der Waals surface area contributed by atoms with Gasteiger partial charge < -0.3 is 10.5 Å². The summed E-state index contributed by atoms with van der Waals surface area (Å²) in [5.74, 6) is 0.960. The largest absolute Gasteiger partial charge is 0.371 e. The maximum Gasteiger partial charge on any atom is 0.0704 e. The van der Waals surface area contributed by atoms with Gasteiger partial charge >= 0.3 is 0 Å². The zero-order chi connectivity index (χ0) is 9.31. The number of hydrogen-bond acceptors (Lipinski definition) is 2. The molecule has 1 aliphatic heterocycles. The van der Waals surface area contributed by atoms with E-state index in [4.69, 9.17) is 10.5 Å². The Bertz CT molecular complexity index is 179. The third-order valence-corrected chi connectivity index (χ3v) is 3.36. The van der Waals surface area contributed by atoms with E-state index in [2.05, 4.69) is 6.92 Å². The van der Waals surface area contributed by atoms with Crippen molar-refractivity contribution in [3.63, 3.8) is 0 Å². The fourth-order valence-corrected chi connectivity index (χ4v) is 2.47. The van der Waals surface area contributed by atoms with Gasteiger partial charge in [0.1, 0.15) is 0 Å². The lowest BCUT2D eigenvalue weighted by Crippen LogP contribution is -2.41. The van der Waals surface area contributed by atoms with E-state index in [-0.39, 0.29) is 5.60 Å². The number of hydrogen-bond donors (Lipinski definition) is 1. The molecule has 0 radical (unpaired) electrons. The standard InChI is InChI=1S/C11H21NO/c1-11(7-9-4-5-9)6-2-3-10(8-12)13-11/h9-10H,2-8,12H2,1H3. The van der Waals surface area contributed by atoms with Crippen LogP contribution in [-0.4, -0.2) is 18.2 Å². The zero-order valence-electron chi connectivity index (χ0n) is 8.59. The summed E-state index contributed by atoms with van der Waals surface area (Å²) in [6, 6.07) is 0. The molecule has 2 nitrogen and oxygen atoms in total. The monoisotopic (exact) mass is 183 g/mol. The lowest BCUT2D eigenvalue weighted by Gasteiger charge is -2.38. The molecule has 1 heterocycles. The first-order valence-electron chi connectivity index (χ1n) is 5.60. The quantitative estimate of drug-likeness (QED) is 0.727. The maximum atomic E-state index is 6.05. The summed E-state index contributed by atoms with van der Waals surface area (Å²) in [6.45, 7) is 2.97. The van der Waals surface area contributed by atoms with Gasteiger partial charge in [0.25, 0.3) is 0 Å². The molecule has 2 N–H and O–H groups in total. The van der Waals surface area contributed by atoms with Crippen LogP contribution in [0.25, 0.3) is 0 Å². The van der Waals surface area contributed by atoms with Gasteiger partial charge in [-0.2, -0.15) is 0 Å². The molecule has 13 heavy (non-hydrogen) atoms. The number of rotatable bonds is 3. The van der Waals surface area contributed by atoms with Crippen molar-refractivity contribution in [2.45, 2.75) is 57.2 Å². The van der Waals surface area contributed by atoms with Crippen molar-refractivity contribution >= 4 is 0 Å². The van der Waals surface area contributed by atoms with Crippen LogP contribution in [0.1, 0.15) is 45.4 Å². The molecule has 2 fully saturated rings. The third kappa shape index (κ3) is 2.44. The molecule has 2 rings (SSSR count). The molecular weight excluding hydrogens is 162 g/mol. The smallest absolute Gasteiger partial charge is 0.0704 e. The van der Waals surface area contributed by atoms with Crippen molar-refractivity contribution < 1.29 is 4.74 Å². The molecule has 1 saturated carbocycles. The molecule has 2 heteroatoms. The van der Waals surface area contributed by atoms with Gasteiger partial charge in [0, 0.05) is 6.54 Å². The number of ether oxygens (including phenoxy) is 1. The topological polar surface area (TPSA) is 35.2 Å². The van der Waals surface area contributed by atoms with Crippen molar-refractivity contribution in [1.29, 1.82) is 0 Å². The van der Waals surface area contributed by atoms with E-state index in [9.17, 15) is 0 Å². The van der Waals surface area contributed by atoms with E-state index in [1.165, 1.54) is 32.1 Å². The lowest BCUT2D eigenvalue weighted by atomic mass is 9.88. The summed E-state index contributed by atoms with van der Waals surface area (Å²) in [7, 11) is 0. The Hall–Kier alpha value is -0.0800. The molecule has 2 unspecified atom stereocenters. The van der Waals surface area contributed by atoms with Gasteiger partial charge in [0.05, 0.1) is 11.7 Å². The lowest BCUT2D eigenvalue weighted by molar-refractivity contribution is -0.120. The molecule has 2 aliphatic rings. The second kappa shape index (κ2) is 3.58. The summed E-state index contributed by atoms with van der Waals surface area (Å²) in [5, 5.41) is 0. The van der Waals surface area contributed by atoms with Crippen LogP contribution >= 0.6 is 0 Å². The Morgan fingerprint density at radius 3 is 2.77 bits per heavy atom. The minimum Gasteiger partial charge on any atom is -0.371 e. The highest BCUT2D eigenvalue weighted by atomic mass is 16.5. The summed E-state index contributed by atoms with van der Waals surface area (Å²) in [5.41, 5.74) is 5.80. The van der Waals surface area contributed by atoms with Crippen LogP contribution in [0.4, 0.5) is 0 Å². The average Bonchev–Trinajstić information content (AvgIpc) is 2.87. The highest BCUT2D eigenvalue weighted by molar-refractivity contribution is 4.88. The van der Waals surface area contributed by atoms with Gasteiger partial charge in [-0.1, -0.05) is 12.8 Å². The minimum atomic E-state index is 0.156. The summed E-state index contributed by atoms with van der Waals surface area (Å²) in [4.78, 5) is 0. The van der Waals surface area contributed by atoms with Crippen molar-refractivity contribution in [3.8, 4) is 0 Å². The fourth-order valence-electron chi connectivity index (χ4n) is 2.47. The van der Waals surface area contributed by atoms with E-state index in [0.717, 1.165) is 12.3 Å². The Labute approximate surface area is 80.8 Å². The van der Waals surface area contributed by atoms with E-state index >= 15 is 0 Å². The minimum absolute atomic E-state index is 0.156. The van der Waals surface area contributed by atoms with Gasteiger partial charge in [-0.3, -0.25) is 0 Å². The second-order valence-electron chi connectivity index (χ2n) is 4.97. The number of nitrogens with two attached hydrogens (primary N) is 1. The molecule has 0 spiro atoms. The zero-order valence-corrected chi connectivity index (χ0v) is 8.59. The molecule has 0 aromatic rings. The van der Waals surface area contributed by atoms with Crippen molar-refractivity contribution in [2.75, 3.05) is 6.54 Å². The molecule has 2 atom stereocenters. The van der Waals surface area contributed by atoms with Crippen molar-refractivity contribution in [2.24, 2.45) is 11.7 Å². The maximum absolute atomic E-state index is 6.05. The first-order chi connectivity index (χ1) is 6.22. The molecule has 0 bridgehead atoms. The van der Waals surface area contributed by atoms with Crippen LogP contribution in [0.15, 0.2) is 0 Å². The molecule has 0 aromatic heterocycles. The Morgan fingerprint density at radius 1 is 1.38 bits per heavy atom. The van der Waals surface area contributed by atoms with Crippen molar-refractivity contribution in [1.82, 2.24) is 0 Å². The SMILES string of the molecule is CC1(CC2CC2)CCCC(CN)O1. The summed E-state index contributed by atoms with van der Waals surface area (Å²) < 4.78 is 6.05. The molecule has 0 aromatic carbocycles. The van der Waals surface area contributed by atoms with E-state index < -0.39 is 0 Å². The van der Waals surface area contributed by atoms with Gasteiger partial charge in [-0.15, -0.1) is 0 Å². The Morgan fingerprint density at radius 2 is 2.15 bits per heavy atom. The fraction of sp³-hybridized carbons (Fsp3) is 1.00. The molecular formula is C11H21NO.